The van der Waals surface area contributed by atoms with E-state index in [1.54, 1.807) is 0 Å². The third kappa shape index (κ3) is 4.77. The fourth-order valence-electron chi connectivity index (χ4n) is 4.35. The maximum Gasteiger partial charge on any atom is 0.256 e. The Balaban J connectivity index is 1.62. The van der Waals surface area contributed by atoms with Gasteiger partial charge in [0.1, 0.15) is 0 Å². The van der Waals surface area contributed by atoms with E-state index in [4.69, 9.17) is 0 Å². The largest absolute Gasteiger partial charge is 0.358 e. The second-order valence-electron chi connectivity index (χ2n) is 9.09. The number of benzene rings is 2. The van der Waals surface area contributed by atoms with Gasteiger partial charge in [0, 0.05) is 29.2 Å². The van der Waals surface area contributed by atoms with Gasteiger partial charge < -0.3 is 15.6 Å². The molecule has 2 heterocycles. The SMILES string of the molecule is Cc1[nH]c(C=C2C(=O)Nc3ccc(-c4ccccc4)cc32)c(C)c1C(=O)NCCCC(C)C. The lowest BCUT2D eigenvalue weighted by Gasteiger charge is -2.07. The summed E-state index contributed by atoms with van der Waals surface area (Å²) >= 11 is 0. The molecule has 0 spiro atoms. The fraction of sp³-hybridized carbons (Fsp3) is 0.286. The highest BCUT2D eigenvalue weighted by atomic mass is 16.2. The van der Waals surface area contributed by atoms with E-state index in [9.17, 15) is 9.59 Å². The average Bonchev–Trinajstić information content (AvgIpc) is 3.26. The molecular formula is C28H31N3O2. The highest BCUT2D eigenvalue weighted by Crippen LogP contribution is 2.36. The van der Waals surface area contributed by atoms with E-state index >= 15 is 0 Å². The zero-order valence-electron chi connectivity index (χ0n) is 19.7. The van der Waals surface area contributed by atoms with Gasteiger partial charge >= 0.3 is 0 Å². The van der Waals surface area contributed by atoms with Gasteiger partial charge in [0.05, 0.1) is 11.1 Å². The van der Waals surface area contributed by atoms with E-state index < -0.39 is 0 Å². The maximum absolute atomic E-state index is 12.8. The molecule has 5 nitrogen and oxygen atoms in total. The molecule has 2 aromatic carbocycles. The molecule has 1 aliphatic heterocycles. The molecule has 3 aromatic rings. The number of aromatic amines is 1. The first-order chi connectivity index (χ1) is 15.8. The molecule has 0 atom stereocenters. The standard InChI is InChI=1S/C28H31N3O2/c1-17(2)9-8-14-29-28(33)26-18(3)25(30-19(26)4)16-23-22-15-21(20-10-6-5-7-11-20)12-13-24(22)31-27(23)32/h5-7,10-13,15-17,30H,8-9,14H2,1-4H3,(H,29,33)(H,31,32). The van der Waals surface area contributed by atoms with Crippen molar-refractivity contribution in [2.45, 2.75) is 40.5 Å². The molecule has 170 valence electrons. The number of carbonyl (C=O) groups excluding carboxylic acids is 2. The predicted molar refractivity (Wildman–Crippen MR) is 135 cm³/mol. The normalized spacial score (nSPS) is 14.0. The lowest BCUT2D eigenvalue weighted by molar-refractivity contribution is -0.110. The van der Waals surface area contributed by atoms with Crippen molar-refractivity contribution in [2.75, 3.05) is 11.9 Å². The number of anilines is 1. The number of H-pyrrole nitrogens is 1. The lowest BCUT2D eigenvalue weighted by atomic mass is 9.98. The average molecular weight is 442 g/mol. The highest BCUT2D eigenvalue weighted by Gasteiger charge is 2.26. The molecule has 33 heavy (non-hydrogen) atoms. The third-order valence-electron chi connectivity index (χ3n) is 6.15. The molecule has 0 aliphatic carbocycles. The van der Waals surface area contributed by atoms with Crippen molar-refractivity contribution >= 4 is 29.2 Å². The molecule has 0 saturated heterocycles. The minimum atomic E-state index is -0.137. The van der Waals surface area contributed by atoms with Crippen LogP contribution in [0, 0.1) is 19.8 Å². The summed E-state index contributed by atoms with van der Waals surface area (Å²) in [4.78, 5) is 28.9. The number of hydrogen-bond acceptors (Lipinski definition) is 2. The number of nitrogens with one attached hydrogen (secondary N) is 3. The van der Waals surface area contributed by atoms with E-state index in [1.165, 1.54) is 0 Å². The van der Waals surface area contributed by atoms with Crippen LogP contribution in [0.25, 0.3) is 22.8 Å². The summed E-state index contributed by atoms with van der Waals surface area (Å²) in [6.07, 6.45) is 3.90. The highest BCUT2D eigenvalue weighted by molar-refractivity contribution is 6.35. The number of aromatic nitrogens is 1. The van der Waals surface area contributed by atoms with Crippen molar-refractivity contribution < 1.29 is 9.59 Å². The minimum Gasteiger partial charge on any atom is -0.358 e. The van der Waals surface area contributed by atoms with Gasteiger partial charge in [-0.2, -0.15) is 0 Å². The molecule has 0 saturated carbocycles. The number of carbonyl (C=O) groups is 2. The van der Waals surface area contributed by atoms with E-state index in [-0.39, 0.29) is 11.8 Å². The predicted octanol–water partition coefficient (Wildman–Crippen LogP) is 5.96. The maximum atomic E-state index is 12.8. The van der Waals surface area contributed by atoms with Crippen LogP contribution in [0.3, 0.4) is 0 Å². The number of aryl methyl sites for hydroxylation is 1. The molecule has 0 bridgehead atoms. The number of hydrogen-bond donors (Lipinski definition) is 3. The zero-order valence-corrected chi connectivity index (χ0v) is 19.7. The van der Waals surface area contributed by atoms with Gasteiger partial charge in [-0.3, -0.25) is 9.59 Å². The van der Waals surface area contributed by atoms with Crippen LogP contribution in [0.15, 0.2) is 48.5 Å². The van der Waals surface area contributed by atoms with Crippen LogP contribution >= 0.6 is 0 Å². The molecule has 3 N–H and O–H groups in total. The summed E-state index contributed by atoms with van der Waals surface area (Å²) in [6, 6.07) is 16.1. The van der Waals surface area contributed by atoms with Gasteiger partial charge in [0.2, 0.25) is 0 Å². The Kier molecular flexibility index (Phi) is 6.50. The van der Waals surface area contributed by atoms with Crippen molar-refractivity contribution in [1.29, 1.82) is 0 Å². The minimum absolute atomic E-state index is 0.0720. The third-order valence-corrected chi connectivity index (χ3v) is 6.15. The van der Waals surface area contributed by atoms with Gasteiger partial charge in [-0.1, -0.05) is 50.2 Å². The van der Waals surface area contributed by atoms with Crippen LogP contribution in [0.5, 0.6) is 0 Å². The molecule has 1 aromatic heterocycles. The van der Waals surface area contributed by atoms with Gasteiger partial charge in [-0.15, -0.1) is 0 Å². The zero-order chi connectivity index (χ0) is 23.5. The number of rotatable bonds is 7. The van der Waals surface area contributed by atoms with Crippen LogP contribution in [0.2, 0.25) is 0 Å². The van der Waals surface area contributed by atoms with E-state index in [2.05, 4.69) is 41.6 Å². The smallest absolute Gasteiger partial charge is 0.256 e. The summed E-state index contributed by atoms with van der Waals surface area (Å²) in [7, 11) is 0. The molecular weight excluding hydrogens is 410 g/mol. The molecule has 5 heteroatoms. The topological polar surface area (TPSA) is 74.0 Å². The summed E-state index contributed by atoms with van der Waals surface area (Å²) in [5, 5.41) is 5.99. The van der Waals surface area contributed by atoms with Gasteiger partial charge in [0.25, 0.3) is 11.8 Å². The van der Waals surface area contributed by atoms with Crippen molar-refractivity contribution in [2.24, 2.45) is 5.92 Å². The van der Waals surface area contributed by atoms with Gasteiger partial charge in [-0.25, -0.2) is 0 Å². The molecule has 0 unspecified atom stereocenters. The number of amides is 2. The van der Waals surface area contributed by atoms with Crippen LogP contribution < -0.4 is 10.6 Å². The van der Waals surface area contributed by atoms with Crippen LogP contribution in [0.1, 0.15) is 59.6 Å². The van der Waals surface area contributed by atoms with E-state index in [0.29, 0.717) is 23.6 Å². The fourth-order valence-corrected chi connectivity index (χ4v) is 4.35. The molecule has 0 fully saturated rings. The Morgan fingerprint density at radius 3 is 2.55 bits per heavy atom. The van der Waals surface area contributed by atoms with Crippen molar-refractivity contribution in [3.8, 4) is 11.1 Å². The summed E-state index contributed by atoms with van der Waals surface area (Å²) in [5.41, 5.74) is 7.50. The first kappa shape index (κ1) is 22.6. The van der Waals surface area contributed by atoms with Crippen molar-refractivity contribution in [1.82, 2.24) is 10.3 Å². The Morgan fingerprint density at radius 1 is 1.06 bits per heavy atom. The first-order valence-corrected chi connectivity index (χ1v) is 11.6. The van der Waals surface area contributed by atoms with Crippen LogP contribution in [-0.4, -0.2) is 23.3 Å². The van der Waals surface area contributed by atoms with E-state index in [0.717, 1.165) is 52.2 Å². The summed E-state index contributed by atoms with van der Waals surface area (Å²) in [6.45, 7) is 8.85. The molecule has 1 aliphatic rings. The summed E-state index contributed by atoms with van der Waals surface area (Å²) in [5.74, 6) is 0.414. The second kappa shape index (κ2) is 9.49. The Labute approximate surface area is 195 Å². The van der Waals surface area contributed by atoms with Crippen LogP contribution in [-0.2, 0) is 4.79 Å². The molecule has 2 amide bonds. The Hall–Kier alpha value is -3.60. The van der Waals surface area contributed by atoms with Crippen molar-refractivity contribution in [3.63, 3.8) is 0 Å². The molecule has 0 radical (unpaired) electrons. The van der Waals surface area contributed by atoms with Crippen molar-refractivity contribution in [3.05, 3.63) is 76.6 Å². The van der Waals surface area contributed by atoms with Gasteiger partial charge in [0.15, 0.2) is 0 Å². The molecule has 4 rings (SSSR count). The number of fused-ring (bicyclic) bond motifs is 1. The Morgan fingerprint density at radius 2 is 1.82 bits per heavy atom. The first-order valence-electron chi connectivity index (χ1n) is 11.6. The second-order valence-corrected chi connectivity index (χ2v) is 9.09. The lowest BCUT2D eigenvalue weighted by Crippen LogP contribution is -2.25. The van der Waals surface area contributed by atoms with Gasteiger partial charge in [-0.05, 0) is 67.5 Å². The monoisotopic (exact) mass is 441 g/mol. The quantitative estimate of drug-likeness (QED) is 0.313. The van der Waals surface area contributed by atoms with E-state index in [1.807, 2.05) is 56.3 Å². The Bertz CT molecular complexity index is 1220. The summed E-state index contributed by atoms with van der Waals surface area (Å²) < 4.78 is 0. The van der Waals surface area contributed by atoms with Crippen LogP contribution in [0.4, 0.5) is 5.69 Å².